The zero-order valence-corrected chi connectivity index (χ0v) is 14.5. The number of halogens is 2. The van der Waals surface area contributed by atoms with E-state index in [1.54, 1.807) is 12.1 Å². The maximum atomic E-state index is 13.1. The van der Waals surface area contributed by atoms with E-state index in [-0.39, 0.29) is 35.8 Å². The molecule has 1 aliphatic rings. The summed E-state index contributed by atoms with van der Waals surface area (Å²) in [6.07, 6.45) is 3.50. The van der Waals surface area contributed by atoms with Gasteiger partial charge in [-0.1, -0.05) is 12.1 Å². The molecule has 0 bridgehead atoms. The van der Waals surface area contributed by atoms with Gasteiger partial charge in [-0.25, -0.2) is 14.4 Å². The SMILES string of the molecule is I.OC1CC(c2ccc(F)cc2)N(c2ncnc3[nH]ccc23)C1. The van der Waals surface area contributed by atoms with E-state index < -0.39 is 6.10 Å². The Morgan fingerprint density at radius 3 is 2.74 bits per heavy atom. The Kier molecular flexibility index (Phi) is 4.49. The highest BCUT2D eigenvalue weighted by molar-refractivity contribution is 14.0. The number of fused-ring (bicyclic) bond motifs is 1. The zero-order valence-electron chi connectivity index (χ0n) is 12.2. The molecule has 4 rings (SSSR count). The number of benzene rings is 1. The molecule has 0 radical (unpaired) electrons. The fraction of sp³-hybridized carbons (Fsp3) is 0.250. The monoisotopic (exact) mass is 426 g/mol. The molecule has 2 N–H and O–H groups in total. The lowest BCUT2D eigenvalue weighted by Crippen LogP contribution is -2.25. The summed E-state index contributed by atoms with van der Waals surface area (Å²) >= 11 is 0. The summed E-state index contributed by atoms with van der Waals surface area (Å²) in [6.45, 7) is 0.499. The van der Waals surface area contributed by atoms with Crippen LogP contribution in [0.15, 0.2) is 42.9 Å². The second-order valence-corrected chi connectivity index (χ2v) is 5.55. The minimum atomic E-state index is -0.431. The van der Waals surface area contributed by atoms with Crippen molar-refractivity contribution in [2.24, 2.45) is 0 Å². The van der Waals surface area contributed by atoms with E-state index in [1.165, 1.54) is 18.5 Å². The van der Waals surface area contributed by atoms with Gasteiger partial charge in [0.15, 0.2) is 0 Å². The first kappa shape index (κ1) is 16.1. The molecule has 5 nitrogen and oxygen atoms in total. The predicted molar refractivity (Wildman–Crippen MR) is 96.4 cm³/mol. The molecule has 0 spiro atoms. The van der Waals surface area contributed by atoms with Gasteiger partial charge in [-0.05, 0) is 30.2 Å². The summed E-state index contributed by atoms with van der Waals surface area (Å²) in [7, 11) is 0. The molecule has 0 saturated carbocycles. The van der Waals surface area contributed by atoms with Crippen molar-refractivity contribution < 1.29 is 9.50 Å². The van der Waals surface area contributed by atoms with Crippen LogP contribution >= 0.6 is 24.0 Å². The second-order valence-electron chi connectivity index (χ2n) is 5.55. The molecule has 0 amide bonds. The molecule has 3 heterocycles. The second kappa shape index (κ2) is 6.40. The highest BCUT2D eigenvalue weighted by Gasteiger charge is 2.34. The van der Waals surface area contributed by atoms with Gasteiger partial charge < -0.3 is 15.0 Å². The molecule has 1 saturated heterocycles. The number of rotatable bonds is 2. The maximum Gasteiger partial charge on any atom is 0.142 e. The van der Waals surface area contributed by atoms with Crippen LogP contribution < -0.4 is 4.90 Å². The third kappa shape index (κ3) is 2.90. The number of aliphatic hydroxyl groups excluding tert-OH is 1. The number of aromatic nitrogens is 3. The minimum absolute atomic E-state index is 0. The third-order valence-corrected chi connectivity index (χ3v) is 4.14. The molecule has 7 heteroatoms. The molecule has 1 aromatic carbocycles. The number of aliphatic hydroxyl groups is 1. The highest BCUT2D eigenvalue weighted by atomic mass is 127. The van der Waals surface area contributed by atoms with Crippen LogP contribution in [0.4, 0.5) is 10.2 Å². The Bertz CT molecular complexity index is 807. The van der Waals surface area contributed by atoms with E-state index in [1.807, 2.05) is 12.3 Å². The van der Waals surface area contributed by atoms with Crippen molar-refractivity contribution in [3.8, 4) is 0 Å². The number of nitrogens with one attached hydrogen (secondary N) is 1. The number of hydrogen-bond donors (Lipinski definition) is 2. The Morgan fingerprint density at radius 1 is 1.17 bits per heavy atom. The van der Waals surface area contributed by atoms with Crippen LogP contribution in [0.1, 0.15) is 18.0 Å². The van der Waals surface area contributed by atoms with E-state index in [9.17, 15) is 9.50 Å². The molecule has 120 valence electrons. The lowest BCUT2D eigenvalue weighted by Gasteiger charge is -2.26. The summed E-state index contributed by atoms with van der Waals surface area (Å²) in [5, 5.41) is 11.0. The standard InChI is InChI=1S/C16H15FN4O.HI/c17-11-3-1-10(2-4-11)14-7-12(22)8-21(14)16-13-5-6-18-15(13)19-9-20-16;/h1-6,9,12,14,22H,7-8H2,(H,18,19,20);1H. The Hall–Kier alpha value is -1.74. The molecular weight excluding hydrogens is 410 g/mol. The first-order chi connectivity index (χ1) is 10.7. The van der Waals surface area contributed by atoms with Crippen LogP contribution in [0.3, 0.4) is 0 Å². The fourth-order valence-electron chi connectivity index (χ4n) is 3.14. The summed E-state index contributed by atoms with van der Waals surface area (Å²) in [4.78, 5) is 13.7. The molecule has 1 fully saturated rings. The zero-order chi connectivity index (χ0) is 15.1. The first-order valence-electron chi connectivity index (χ1n) is 7.20. The number of H-pyrrole nitrogens is 1. The largest absolute Gasteiger partial charge is 0.391 e. The van der Waals surface area contributed by atoms with Gasteiger partial charge in [-0.2, -0.15) is 0 Å². The van der Waals surface area contributed by atoms with Crippen LogP contribution in [-0.2, 0) is 0 Å². The average molecular weight is 426 g/mol. The van der Waals surface area contributed by atoms with Gasteiger partial charge in [0, 0.05) is 12.7 Å². The molecule has 2 unspecified atom stereocenters. The smallest absolute Gasteiger partial charge is 0.142 e. The van der Waals surface area contributed by atoms with Gasteiger partial charge in [0.25, 0.3) is 0 Å². The third-order valence-electron chi connectivity index (χ3n) is 4.14. The normalized spacial score (nSPS) is 20.7. The molecule has 2 aromatic heterocycles. The van der Waals surface area contributed by atoms with Crippen LogP contribution in [-0.4, -0.2) is 32.7 Å². The van der Waals surface area contributed by atoms with Crippen molar-refractivity contribution in [3.05, 3.63) is 54.2 Å². The van der Waals surface area contributed by atoms with Gasteiger partial charge in [-0.15, -0.1) is 24.0 Å². The van der Waals surface area contributed by atoms with E-state index in [4.69, 9.17) is 0 Å². The number of aromatic amines is 1. The van der Waals surface area contributed by atoms with Crippen LogP contribution in [0, 0.1) is 5.82 Å². The molecule has 0 aliphatic carbocycles. The number of β-amino-alcohol motifs (C(OH)–C–C–N with tert-alkyl or cyclic N) is 1. The van der Waals surface area contributed by atoms with Crippen molar-refractivity contribution in [1.82, 2.24) is 15.0 Å². The van der Waals surface area contributed by atoms with Crippen LogP contribution in [0.25, 0.3) is 11.0 Å². The number of nitrogens with zero attached hydrogens (tertiary/aromatic N) is 3. The van der Waals surface area contributed by atoms with Gasteiger partial charge in [0.2, 0.25) is 0 Å². The average Bonchev–Trinajstić information content (AvgIpc) is 3.14. The Morgan fingerprint density at radius 2 is 1.96 bits per heavy atom. The lowest BCUT2D eigenvalue weighted by atomic mass is 10.0. The van der Waals surface area contributed by atoms with Gasteiger partial charge in [0.1, 0.15) is 23.6 Å². The van der Waals surface area contributed by atoms with Gasteiger partial charge >= 0.3 is 0 Å². The molecule has 1 aliphatic heterocycles. The number of hydrogen-bond acceptors (Lipinski definition) is 4. The topological polar surface area (TPSA) is 65.0 Å². The predicted octanol–water partition coefficient (Wildman–Crippen LogP) is 3.03. The van der Waals surface area contributed by atoms with E-state index in [0.717, 1.165) is 22.4 Å². The molecule has 2 atom stereocenters. The van der Waals surface area contributed by atoms with E-state index in [2.05, 4.69) is 19.9 Å². The summed E-state index contributed by atoms with van der Waals surface area (Å²) < 4.78 is 13.1. The van der Waals surface area contributed by atoms with Crippen molar-refractivity contribution >= 4 is 40.8 Å². The summed E-state index contributed by atoms with van der Waals surface area (Å²) in [6, 6.07) is 8.33. The van der Waals surface area contributed by atoms with Crippen molar-refractivity contribution in [2.75, 3.05) is 11.4 Å². The summed E-state index contributed by atoms with van der Waals surface area (Å²) in [5.41, 5.74) is 1.74. The Balaban J connectivity index is 0.00000156. The van der Waals surface area contributed by atoms with E-state index in [0.29, 0.717) is 13.0 Å². The number of anilines is 1. The molecular formula is C16H16FIN4O. The van der Waals surface area contributed by atoms with E-state index >= 15 is 0 Å². The quantitative estimate of drug-likeness (QED) is 0.619. The highest BCUT2D eigenvalue weighted by Crippen LogP contribution is 2.37. The lowest BCUT2D eigenvalue weighted by molar-refractivity contribution is 0.194. The van der Waals surface area contributed by atoms with Gasteiger partial charge in [-0.3, -0.25) is 0 Å². The molecule has 3 aromatic rings. The summed E-state index contributed by atoms with van der Waals surface area (Å²) in [5.74, 6) is 0.529. The van der Waals surface area contributed by atoms with Crippen LogP contribution in [0.5, 0.6) is 0 Å². The van der Waals surface area contributed by atoms with Crippen molar-refractivity contribution in [1.29, 1.82) is 0 Å². The minimum Gasteiger partial charge on any atom is -0.391 e. The maximum absolute atomic E-state index is 13.1. The fourth-order valence-corrected chi connectivity index (χ4v) is 3.14. The van der Waals surface area contributed by atoms with Crippen LogP contribution in [0.2, 0.25) is 0 Å². The Labute approximate surface area is 149 Å². The van der Waals surface area contributed by atoms with Crippen molar-refractivity contribution in [3.63, 3.8) is 0 Å². The van der Waals surface area contributed by atoms with Gasteiger partial charge in [0.05, 0.1) is 17.5 Å². The first-order valence-corrected chi connectivity index (χ1v) is 7.20. The van der Waals surface area contributed by atoms with Crippen molar-refractivity contribution in [2.45, 2.75) is 18.6 Å². The molecule has 23 heavy (non-hydrogen) atoms.